The first-order valence-corrected chi connectivity index (χ1v) is 10.6. The predicted molar refractivity (Wildman–Crippen MR) is 119 cm³/mol. The van der Waals surface area contributed by atoms with Crippen LogP contribution >= 0.6 is 0 Å². The number of aromatic nitrogens is 2. The zero-order valence-electron chi connectivity index (χ0n) is 19.1. The number of ether oxygens (including phenoxy) is 2. The largest absolute Gasteiger partial charge is 0.467 e. The second-order valence-electron chi connectivity index (χ2n) is 7.92. The molecule has 0 N–H and O–H groups in total. The lowest BCUT2D eigenvalue weighted by atomic mass is 10.0. The van der Waals surface area contributed by atoms with Gasteiger partial charge in [0.15, 0.2) is 11.4 Å². The molecular weight excluding hydrogens is 506 g/mol. The molecule has 0 aliphatic heterocycles. The fourth-order valence-corrected chi connectivity index (χ4v) is 3.97. The highest BCUT2D eigenvalue weighted by molar-refractivity contribution is 6.01. The van der Waals surface area contributed by atoms with Crippen LogP contribution in [0.2, 0.25) is 0 Å². The molecule has 0 unspecified atom stereocenters. The van der Waals surface area contributed by atoms with E-state index in [0.29, 0.717) is 0 Å². The van der Waals surface area contributed by atoms with Crippen molar-refractivity contribution in [2.45, 2.75) is 17.8 Å². The molecule has 0 atom stereocenters. The second kappa shape index (κ2) is 8.43. The van der Waals surface area contributed by atoms with E-state index in [1.807, 2.05) is 0 Å². The molecule has 1 aliphatic rings. The molecule has 4 aromatic rings. The lowest BCUT2D eigenvalue weighted by Gasteiger charge is -2.25. The van der Waals surface area contributed by atoms with Crippen LogP contribution in [0.15, 0.2) is 69.5 Å². The van der Waals surface area contributed by atoms with Gasteiger partial charge in [0.25, 0.3) is 0 Å². The van der Waals surface area contributed by atoms with Crippen LogP contribution in [0.1, 0.15) is 11.4 Å². The summed E-state index contributed by atoms with van der Waals surface area (Å²) in [4.78, 5) is 7.72. The normalized spacial score (nSPS) is 17.7. The minimum Gasteiger partial charge on any atom is -0.467 e. The van der Waals surface area contributed by atoms with Crippen molar-refractivity contribution in [3.05, 3.63) is 72.1 Å². The molecule has 0 saturated carbocycles. The van der Waals surface area contributed by atoms with E-state index < -0.39 is 52.2 Å². The maximum atomic E-state index is 15.3. The van der Waals surface area contributed by atoms with Crippen molar-refractivity contribution in [1.29, 1.82) is 0 Å². The van der Waals surface area contributed by atoms with Crippen molar-refractivity contribution in [3.63, 3.8) is 0 Å². The molecule has 0 amide bonds. The first-order valence-electron chi connectivity index (χ1n) is 10.6. The number of alkyl halides is 6. The molecule has 2 aromatic carbocycles. The minimum absolute atomic E-state index is 0.263. The van der Waals surface area contributed by atoms with Crippen molar-refractivity contribution < 1.29 is 44.7 Å². The highest BCUT2D eigenvalue weighted by Crippen LogP contribution is 2.66. The quantitative estimate of drug-likeness (QED) is 0.258. The Hall–Kier alpha value is -4.22. The Labute approximate surface area is 205 Å². The molecule has 192 valence electrons. The number of rotatable bonds is 6. The van der Waals surface area contributed by atoms with Gasteiger partial charge in [0.1, 0.15) is 0 Å². The summed E-state index contributed by atoms with van der Waals surface area (Å²) in [6.45, 7) is 0. The zero-order chi connectivity index (χ0) is 26.6. The van der Waals surface area contributed by atoms with Crippen LogP contribution < -0.4 is 9.47 Å². The van der Waals surface area contributed by atoms with E-state index in [9.17, 15) is 8.78 Å². The van der Waals surface area contributed by atoms with Gasteiger partial charge in [-0.15, -0.1) is 0 Å². The molecule has 5 rings (SSSR count). The summed E-state index contributed by atoms with van der Waals surface area (Å²) >= 11 is 0. The Morgan fingerprint density at radius 2 is 0.946 bits per heavy atom. The third-order valence-electron chi connectivity index (χ3n) is 5.74. The average Bonchev–Trinajstić information content (AvgIpc) is 3.54. The highest BCUT2D eigenvalue weighted by Gasteiger charge is 2.81. The fraction of sp³-hybridized carbons (Fsp3) is 0.200. The molecule has 0 bridgehead atoms. The summed E-state index contributed by atoms with van der Waals surface area (Å²) in [5.41, 5.74) is -5.19. The van der Waals surface area contributed by atoms with Crippen LogP contribution in [0, 0.1) is 0 Å². The van der Waals surface area contributed by atoms with Gasteiger partial charge in [-0.05, 0) is 24.3 Å². The summed E-state index contributed by atoms with van der Waals surface area (Å²) < 4.78 is 111. The molecule has 0 fully saturated rings. The summed E-state index contributed by atoms with van der Waals surface area (Å²) in [7, 11) is 1.99. The molecule has 0 saturated heterocycles. The van der Waals surface area contributed by atoms with Crippen LogP contribution in [0.3, 0.4) is 0 Å². The van der Waals surface area contributed by atoms with Crippen LogP contribution in [0.5, 0.6) is 11.9 Å². The van der Waals surface area contributed by atoms with Gasteiger partial charge >= 0.3 is 29.7 Å². The van der Waals surface area contributed by atoms with Crippen LogP contribution in [0.25, 0.3) is 34.1 Å². The van der Waals surface area contributed by atoms with E-state index in [1.54, 1.807) is 36.4 Å². The smallest absolute Gasteiger partial charge is 0.380 e. The molecule has 0 spiro atoms. The van der Waals surface area contributed by atoms with E-state index in [4.69, 9.17) is 18.3 Å². The zero-order valence-corrected chi connectivity index (χ0v) is 19.1. The number of benzene rings is 2. The maximum Gasteiger partial charge on any atom is 0.380 e. The van der Waals surface area contributed by atoms with E-state index in [-0.39, 0.29) is 22.9 Å². The van der Waals surface area contributed by atoms with Gasteiger partial charge in [-0.3, -0.25) is 0 Å². The van der Waals surface area contributed by atoms with Crippen molar-refractivity contribution in [2.75, 3.05) is 14.2 Å². The fourth-order valence-electron chi connectivity index (χ4n) is 3.97. The average molecular weight is 522 g/mol. The second-order valence-corrected chi connectivity index (χ2v) is 7.92. The summed E-state index contributed by atoms with van der Waals surface area (Å²) in [6, 6.07) is 15.6. The molecule has 2 heterocycles. The minimum atomic E-state index is -5.86. The number of hydrogen-bond acceptors (Lipinski definition) is 6. The number of allylic oxidation sites excluding steroid dienone is 2. The first-order chi connectivity index (χ1) is 17.5. The Morgan fingerprint density at radius 3 is 1.27 bits per heavy atom. The van der Waals surface area contributed by atoms with Crippen molar-refractivity contribution in [3.8, 4) is 34.8 Å². The SMILES string of the molecule is COc1oc(-c2ccccc2)nc1C1=C(c2nc(-c3ccccc3)oc2OC)C(F)(F)C(F)(F)C1(F)F. The number of halogens is 6. The van der Waals surface area contributed by atoms with E-state index >= 15 is 17.6 Å². The van der Waals surface area contributed by atoms with Gasteiger partial charge in [-0.2, -0.15) is 26.3 Å². The Balaban J connectivity index is 1.82. The van der Waals surface area contributed by atoms with Crippen molar-refractivity contribution >= 4 is 11.1 Å². The van der Waals surface area contributed by atoms with Crippen LogP contribution in [-0.4, -0.2) is 42.0 Å². The summed E-state index contributed by atoms with van der Waals surface area (Å²) in [6.07, 6.45) is 0. The molecule has 6 nitrogen and oxygen atoms in total. The molecule has 37 heavy (non-hydrogen) atoms. The Kier molecular flexibility index (Phi) is 5.57. The lowest BCUT2D eigenvalue weighted by Crippen LogP contribution is -2.49. The van der Waals surface area contributed by atoms with Crippen molar-refractivity contribution in [1.82, 2.24) is 9.97 Å². The molecule has 12 heteroatoms. The monoisotopic (exact) mass is 522 g/mol. The third kappa shape index (κ3) is 3.50. The van der Waals surface area contributed by atoms with E-state index in [2.05, 4.69) is 9.97 Å². The van der Waals surface area contributed by atoms with E-state index in [0.717, 1.165) is 14.2 Å². The lowest BCUT2D eigenvalue weighted by molar-refractivity contribution is -0.254. The number of methoxy groups -OCH3 is 2. The van der Waals surface area contributed by atoms with Crippen LogP contribution in [-0.2, 0) is 0 Å². The highest BCUT2D eigenvalue weighted by atomic mass is 19.3. The van der Waals surface area contributed by atoms with Crippen molar-refractivity contribution in [2.24, 2.45) is 0 Å². The van der Waals surface area contributed by atoms with Gasteiger partial charge < -0.3 is 18.3 Å². The standard InChI is InChI=1S/C25H16F6N2O4/c1-34-21-17(32-19(36-21)13-9-5-3-6-10-13)15-16(24(28,29)25(30,31)23(15,26)27)18-22(35-2)37-20(33-18)14-11-7-4-8-12-14/h3-12H,1-2H3. The van der Waals surface area contributed by atoms with Gasteiger partial charge in [-0.1, -0.05) is 36.4 Å². The van der Waals surface area contributed by atoms with Gasteiger partial charge in [-0.25, -0.2) is 9.97 Å². The summed E-state index contributed by atoms with van der Waals surface area (Å²) in [5.74, 6) is -18.9. The number of hydrogen-bond donors (Lipinski definition) is 0. The van der Waals surface area contributed by atoms with Gasteiger partial charge in [0.05, 0.1) is 25.4 Å². The maximum absolute atomic E-state index is 15.3. The van der Waals surface area contributed by atoms with Gasteiger partial charge in [0, 0.05) is 11.1 Å². The Bertz CT molecular complexity index is 1370. The molecule has 0 radical (unpaired) electrons. The van der Waals surface area contributed by atoms with Gasteiger partial charge in [0.2, 0.25) is 11.8 Å². The number of oxazole rings is 2. The predicted octanol–water partition coefficient (Wildman–Crippen LogP) is 6.84. The molecular formula is C25H16F6N2O4. The molecule has 2 aromatic heterocycles. The first kappa shape index (κ1) is 24.5. The molecule has 1 aliphatic carbocycles. The summed E-state index contributed by atoms with van der Waals surface area (Å²) in [5, 5.41) is 0. The third-order valence-corrected chi connectivity index (χ3v) is 5.74. The van der Waals surface area contributed by atoms with Crippen LogP contribution in [0.4, 0.5) is 26.3 Å². The number of nitrogens with zero attached hydrogens (tertiary/aromatic N) is 2. The Morgan fingerprint density at radius 1 is 0.595 bits per heavy atom. The van der Waals surface area contributed by atoms with E-state index in [1.165, 1.54) is 24.3 Å². The topological polar surface area (TPSA) is 70.5 Å².